The molecule has 0 amide bonds. The molecular formula is C17H17ClF2. The molecule has 2 aromatic carbocycles. The van der Waals surface area contributed by atoms with Gasteiger partial charge in [0.15, 0.2) is 11.6 Å². The minimum Gasteiger partial charge on any atom is -0.204 e. The number of hydrogen-bond donors (Lipinski definition) is 0. The summed E-state index contributed by atoms with van der Waals surface area (Å²) in [5, 5.41) is -0.359. The van der Waals surface area contributed by atoms with E-state index in [0.717, 1.165) is 24.5 Å². The first-order valence-electron chi connectivity index (χ1n) is 6.77. The summed E-state index contributed by atoms with van der Waals surface area (Å²) < 4.78 is 26.8. The average Bonchev–Trinajstić information content (AvgIpc) is 2.45. The van der Waals surface area contributed by atoms with Gasteiger partial charge in [-0.1, -0.05) is 49.7 Å². The van der Waals surface area contributed by atoms with Crippen molar-refractivity contribution in [1.82, 2.24) is 0 Å². The lowest BCUT2D eigenvalue weighted by atomic mass is 10.0. The van der Waals surface area contributed by atoms with Gasteiger partial charge in [0, 0.05) is 0 Å². The number of aryl methyl sites for hydroxylation is 1. The summed E-state index contributed by atoms with van der Waals surface area (Å²) in [4.78, 5) is 0. The van der Waals surface area contributed by atoms with Crippen LogP contribution in [0.15, 0.2) is 42.5 Å². The van der Waals surface area contributed by atoms with Gasteiger partial charge in [-0.25, -0.2) is 8.78 Å². The summed E-state index contributed by atoms with van der Waals surface area (Å²) in [5.41, 5.74) is 2.50. The van der Waals surface area contributed by atoms with Crippen molar-refractivity contribution in [2.75, 3.05) is 0 Å². The van der Waals surface area contributed by atoms with Gasteiger partial charge in [0.1, 0.15) is 0 Å². The minimum absolute atomic E-state index is 0.276. The highest BCUT2D eigenvalue weighted by Crippen LogP contribution is 2.27. The van der Waals surface area contributed by atoms with Crippen LogP contribution in [-0.4, -0.2) is 0 Å². The van der Waals surface area contributed by atoms with Gasteiger partial charge in [0.05, 0.1) is 5.38 Å². The Hall–Kier alpha value is -1.41. The molecule has 106 valence electrons. The van der Waals surface area contributed by atoms with Crippen LogP contribution in [0, 0.1) is 11.6 Å². The highest BCUT2D eigenvalue weighted by atomic mass is 35.5. The quantitative estimate of drug-likeness (QED) is 0.644. The third-order valence-electron chi connectivity index (χ3n) is 3.31. The molecule has 0 saturated heterocycles. The predicted octanol–water partition coefficient (Wildman–Crippen LogP) is 5.44. The molecule has 0 aliphatic carbocycles. The lowest BCUT2D eigenvalue weighted by molar-refractivity contribution is 0.498. The summed E-state index contributed by atoms with van der Waals surface area (Å²) in [6.45, 7) is 2.13. The summed E-state index contributed by atoms with van der Waals surface area (Å²) in [5.74, 6) is -1.63. The molecule has 0 nitrogen and oxygen atoms in total. The van der Waals surface area contributed by atoms with Gasteiger partial charge in [0.2, 0.25) is 0 Å². The van der Waals surface area contributed by atoms with E-state index < -0.39 is 11.6 Å². The van der Waals surface area contributed by atoms with Gasteiger partial charge >= 0.3 is 0 Å². The molecule has 1 unspecified atom stereocenters. The molecule has 0 fully saturated rings. The Morgan fingerprint density at radius 2 is 1.75 bits per heavy atom. The average molecular weight is 295 g/mol. The molecule has 0 N–H and O–H groups in total. The van der Waals surface area contributed by atoms with Crippen molar-refractivity contribution in [3.8, 4) is 0 Å². The molecule has 0 aromatic heterocycles. The number of rotatable bonds is 5. The first-order chi connectivity index (χ1) is 9.61. The van der Waals surface area contributed by atoms with Crippen molar-refractivity contribution < 1.29 is 8.78 Å². The highest BCUT2D eigenvalue weighted by Gasteiger charge is 2.14. The fourth-order valence-electron chi connectivity index (χ4n) is 2.20. The zero-order valence-corrected chi connectivity index (χ0v) is 12.1. The van der Waals surface area contributed by atoms with E-state index in [2.05, 4.69) is 6.92 Å². The van der Waals surface area contributed by atoms with Crippen LogP contribution < -0.4 is 0 Å². The van der Waals surface area contributed by atoms with E-state index in [4.69, 9.17) is 11.6 Å². The molecule has 0 saturated carbocycles. The monoisotopic (exact) mass is 294 g/mol. The van der Waals surface area contributed by atoms with Gasteiger partial charge in [-0.3, -0.25) is 0 Å². The lowest BCUT2D eigenvalue weighted by Crippen LogP contribution is -2.00. The Morgan fingerprint density at radius 3 is 2.40 bits per heavy atom. The van der Waals surface area contributed by atoms with E-state index in [-0.39, 0.29) is 11.8 Å². The fourth-order valence-corrected chi connectivity index (χ4v) is 2.51. The Labute approximate surface area is 123 Å². The molecule has 0 aliphatic rings. The van der Waals surface area contributed by atoms with Crippen molar-refractivity contribution in [3.63, 3.8) is 0 Å². The maximum Gasteiger partial charge on any atom is 0.162 e. The summed E-state index contributed by atoms with van der Waals surface area (Å²) >= 11 is 6.31. The van der Waals surface area contributed by atoms with E-state index in [9.17, 15) is 8.78 Å². The Kier molecular flexibility index (Phi) is 5.13. The fraction of sp³-hybridized carbons (Fsp3) is 0.294. The highest BCUT2D eigenvalue weighted by molar-refractivity contribution is 6.20. The van der Waals surface area contributed by atoms with Crippen LogP contribution >= 0.6 is 11.6 Å². The molecule has 0 aliphatic heterocycles. The topological polar surface area (TPSA) is 0 Å². The summed E-state index contributed by atoms with van der Waals surface area (Å²) in [7, 11) is 0. The molecule has 1 atom stereocenters. The molecule has 3 heteroatoms. The molecule has 0 radical (unpaired) electrons. The number of alkyl halides is 1. The Bertz CT molecular complexity index is 564. The van der Waals surface area contributed by atoms with Crippen LogP contribution in [0.5, 0.6) is 0 Å². The van der Waals surface area contributed by atoms with Crippen LogP contribution in [0.1, 0.15) is 35.4 Å². The molecule has 2 aromatic rings. The number of halogens is 3. The summed E-state index contributed by atoms with van der Waals surface area (Å²) in [6, 6.07) is 12.2. The minimum atomic E-state index is -0.829. The van der Waals surface area contributed by atoms with E-state index in [1.807, 2.05) is 24.3 Å². The van der Waals surface area contributed by atoms with Crippen molar-refractivity contribution in [2.45, 2.75) is 31.6 Å². The van der Waals surface area contributed by atoms with Gasteiger partial charge < -0.3 is 0 Å². The number of hydrogen-bond acceptors (Lipinski definition) is 0. The molecule has 0 spiro atoms. The van der Waals surface area contributed by atoms with Crippen molar-refractivity contribution in [2.24, 2.45) is 0 Å². The molecule has 20 heavy (non-hydrogen) atoms. The van der Waals surface area contributed by atoms with Crippen molar-refractivity contribution in [3.05, 3.63) is 70.8 Å². The largest absolute Gasteiger partial charge is 0.204 e. The van der Waals surface area contributed by atoms with Crippen LogP contribution in [0.25, 0.3) is 0 Å². The van der Waals surface area contributed by atoms with Crippen molar-refractivity contribution in [1.29, 1.82) is 0 Å². The second-order valence-corrected chi connectivity index (χ2v) is 5.40. The van der Waals surface area contributed by atoms with E-state index in [0.29, 0.717) is 5.56 Å². The maximum atomic E-state index is 13.6. The SMILES string of the molecule is CCCc1ccc(C(Cl)Cc2cccc(F)c2F)cc1. The van der Waals surface area contributed by atoms with Crippen LogP contribution in [0.2, 0.25) is 0 Å². The van der Waals surface area contributed by atoms with Crippen LogP contribution in [-0.2, 0) is 12.8 Å². The zero-order valence-electron chi connectivity index (χ0n) is 11.4. The second kappa shape index (κ2) is 6.85. The van der Waals surface area contributed by atoms with E-state index in [1.165, 1.54) is 11.6 Å². The second-order valence-electron chi connectivity index (χ2n) is 4.88. The zero-order chi connectivity index (χ0) is 14.5. The van der Waals surface area contributed by atoms with Crippen molar-refractivity contribution >= 4 is 11.6 Å². The third-order valence-corrected chi connectivity index (χ3v) is 3.72. The first-order valence-corrected chi connectivity index (χ1v) is 7.21. The van der Waals surface area contributed by atoms with Gasteiger partial charge in [-0.15, -0.1) is 11.6 Å². The maximum absolute atomic E-state index is 13.6. The number of benzene rings is 2. The summed E-state index contributed by atoms with van der Waals surface area (Å²) in [6.07, 6.45) is 2.40. The van der Waals surface area contributed by atoms with E-state index in [1.54, 1.807) is 6.07 Å². The van der Waals surface area contributed by atoms with Gasteiger partial charge in [-0.05, 0) is 35.6 Å². The first kappa shape index (κ1) is 15.0. The predicted molar refractivity (Wildman–Crippen MR) is 79.1 cm³/mol. The lowest BCUT2D eigenvalue weighted by Gasteiger charge is -2.11. The van der Waals surface area contributed by atoms with Crippen LogP contribution in [0.4, 0.5) is 8.78 Å². The Balaban J connectivity index is 2.11. The van der Waals surface area contributed by atoms with E-state index >= 15 is 0 Å². The van der Waals surface area contributed by atoms with Gasteiger partial charge in [0.25, 0.3) is 0 Å². The molecule has 0 heterocycles. The smallest absolute Gasteiger partial charge is 0.162 e. The molecule has 0 bridgehead atoms. The van der Waals surface area contributed by atoms with Crippen LogP contribution in [0.3, 0.4) is 0 Å². The molecular weight excluding hydrogens is 278 g/mol. The third kappa shape index (κ3) is 3.57. The normalized spacial score (nSPS) is 12.4. The Morgan fingerprint density at radius 1 is 1.05 bits per heavy atom. The molecule has 2 rings (SSSR count). The standard InChI is InChI=1S/C17H17ClF2/c1-2-4-12-7-9-13(10-8-12)15(18)11-14-5-3-6-16(19)17(14)20/h3,5-10,15H,2,4,11H2,1H3. The van der Waals surface area contributed by atoms with Gasteiger partial charge in [-0.2, -0.15) is 0 Å².